The van der Waals surface area contributed by atoms with Crippen molar-refractivity contribution in [2.45, 2.75) is 5.92 Å². The van der Waals surface area contributed by atoms with Crippen molar-refractivity contribution in [2.24, 2.45) is 5.41 Å². The van der Waals surface area contributed by atoms with Crippen LogP contribution in [-0.4, -0.2) is 33.9 Å². The third kappa shape index (κ3) is 3.55. The Morgan fingerprint density at radius 3 is 2.31 bits per heavy atom. The molecule has 5 nitrogen and oxygen atoms in total. The number of methoxy groups -OCH3 is 3. The van der Waals surface area contributed by atoms with Gasteiger partial charge in [-0.1, -0.05) is 60.7 Å². The summed E-state index contributed by atoms with van der Waals surface area (Å²) in [6.07, 6.45) is 0. The molecule has 3 rings (SSSR count). The zero-order chi connectivity index (χ0) is 20.9. The van der Waals surface area contributed by atoms with Gasteiger partial charge in [-0.25, -0.2) is 0 Å². The number of nitriles is 1. The van der Waals surface area contributed by atoms with Gasteiger partial charge in [0.15, 0.2) is 5.41 Å². The van der Waals surface area contributed by atoms with Gasteiger partial charge in [0, 0.05) is 18.6 Å². The molecule has 0 spiro atoms. The van der Waals surface area contributed by atoms with E-state index in [1.807, 2.05) is 66.7 Å². The van der Waals surface area contributed by atoms with Crippen LogP contribution in [0.4, 0.5) is 0 Å². The van der Waals surface area contributed by atoms with E-state index in [-0.39, 0.29) is 6.61 Å². The Bertz CT molecular complexity index is 1050. The second-order valence-electron chi connectivity index (χ2n) is 6.75. The molecule has 0 N–H and O–H groups in total. The molecule has 3 aromatic carbocycles. The molecule has 3 aromatic rings. The minimum Gasteiger partial charge on any atom is -0.496 e. The van der Waals surface area contributed by atoms with E-state index >= 15 is 0 Å². The molecule has 0 radical (unpaired) electrons. The fourth-order valence-electron chi connectivity index (χ4n) is 3.92. The maximum Gasteiger partial charge on any atom is 0.329 e. The third-order valence-corrected chi connectivity index (χ3v) is 5.20. The first-order valence-electron chi connectivity index (χ1n) is 9.22. The SMILES string of the molecule is COC[C@@](C#N)(C(=O)OC)[C@@H](c1ccccc1OC)c1cccc2ccccc12. The van der Waals surface area contributed by atoms with E-state index in [0.29, 0.717) is 5.75 Å². The number of carbonyl (C=O) groups is 1. The normalized spacial score (nSPS) is 13.9. The third-order valence-electron chi connectivity index (χ3n) is 5.20. The fourth-order valence-corrected chi connectivity index (χ4v) is 3.92. The van der Waals surface area contributed by atoms with E-state index in [1.54, 1.807) is 7.11 Å². The molecule has 5 heteroatoms. The highest BCUT2D eigenvalue weighted by atomic mass is 16.5. The largest absolute Gasteiger partial charge is 0.496 e. The van der Waals surface area contributed by atoms with Crippen LogP contribution in [0, 0.1) is 16.7 Å². The monoisotopic (exact) mass is 389 g/mol. The van der Waals surface area contributed by atoms with Crippen molar-refractivity contribution in [1.29, 1.82) is 5.26 Å². The van der Waals surface area contributed by atoms with Crippen LogP contribution in [0.1, 0.15) is 17.0 Å². The van der Waals surface area contributed by atoms with E-state index < -0.39 is 17.3 Å². The molecule has 0 aliphatic carbocycles. The van der Waals surface area contributed by atoms with E-state index in [2.05, 4.69) is 6.07 Å². The summed E-state index contributed by atoms with van der Waals surface area (Å²) in [6.45, 7) is -0.123. The van der Waals surface area contributed by atoms with Gasteiger partial charge in [0.05, 0.1) is 26.9 Å². The van der Waals surface area contributed by atoms with Crippen LogP contribution < -0.4 is 4.74 Å². The summed E-state index contributed by atoms with van der Waals surface area (Å²) in [5.41, 5.74) is -0.0469. The average Bonchev–Trinajstić information content (AvgIpc) is 2.78. The molecule has 0 fully saturated rings. The standard InChI is InChI=1S/C24H23NO4/c1-27-16-24(15-25,23(26)29-3)22(20-12-6-7-14-21(20)28-2)19-13-8-10-17-9-4-5-11-18(17)19/h4-14,22H,16H2,1-3H3/t22-,24-/m1/s1. The van der Waals surface area contributed by atoms with Gasteiger partial charge in [-0.2, -0.15) is 5.26 Å². The molecular weight excluding hydrogens is 366 g/mol. The molecule has 2 atom stereocenters. The number of ether oxygens (including phenoxy) is 3. The zero-order valence-corrected chi connectivity index (χ0v) is 16.7. The summed E-state index contributed by atoms with van der Waals surface area (Å²) >= 11 is 0. The number of benzene rings is 3. The first-order valence-corrected chi connectivity index (χ1v) is 9.22. The smallest absolute Gasteiger partial charge is 0.329 e. The van der Waals surface area contributed by atoms with Gasteiger partial charge in [-0.15, -0.1) is 0 Å². The van der Waals surface area contributed by atoms with Crippen molar-refractivity contribution < 1.29 is 19.0 Å². The molecular formula is C24H23NO4. The Hall–Kier alpha value is -3.36. The number of carbonyl (C=O) groups excluding carboxylic acids is 1. The lowest BCUT2D eigenvalue weighted by atomic mass is 9.68. The molecule has 0 amide bonds. The Morgan fingerprint density at radius 2 is 1.62 bits per heavy atom. The maximum atomic E-state index is 13.0. The minimum atomic E-state index is -1.59. The molecule has 0 saturated carbocycles. The van der Waals surface area contributed by atoms with Gasteiger partial charge in [-0.05, 0) is 22.4 Å². The molecule has 0 bridgehead atoms. The maximum absolute atomic E-state index is 13.0. The molecule has 0 aliphatic heterocycles. The molecule has 0 heterocycles. The van der Waals surface area contributed by atoms with Gasteiger partial charge in [-0.3, -0.25) is 4.79 Å². The predicted octanol–water partition coefficient (Wildman–Crippen LogP) is 4.31. The Balaban J connectivity index is 2.42. The molecule has 29 heavy (non-hydrogen) atoms. The lowest BCUT2D eigenvalue weighted by Crippen LogP contribution is -2.42. The molecule has 0 aliphatic rings. The quantitative estimate of drug-likeness (QED) is 0.563. The second kappa shape index (κ2) is 8.76. The molecule has 0 saturated heterocycles. The summed E-state index contributed by atoms with van der Waals surface area (Å²) in [5.74, 6) is -0.724. The number of fused-ring (bicyclic) bond motifs is 1. The van der Waals surface area contributed by atoms with Gasteiger partial charge >= 0.3 is 5.97 Å². The summed E-state index contributed by atoms with van der Waals surface area (Å²) < 4.78 is 16.0. The van der Waals surface area contributed by atoms with Gasteiger partial charge < -0.3 is 14.2 Å². The second-order valence-corrected chi connectivity index (χ2v) is 6.75. The van der Waals surface area contributed by atoms with Crippen molar-refractivity contribution in [3.8, 4) is 11.8 Å². The zero-order valence-electron chi connectivity index (χ0n) is 16.7. The van der Waals surface area contributed by atoms with Crippen LogP contribution in [0.2, 0.25) is 0 Å². The first kappa shape index (κ1) is 20.4. The number of para-hydroxylation sites is 1. The van der Waals surface area contributed by atoms with E-state index in [4.69, 9.17) is 14.2 Å². The van der Waals surface area contributed by atoms with Crippen LogP contribution in [0.3, 0.4) is 0 Å². The van der Waals surface area contributed by atoms with Gasteiger partial charge in [0.25, 0.3) is 0 Å². The number of hydrogen-bond donors (Lipinski definition) is 0. The highest BCUT2D eigenvalue weighted by Crippen LogP contribution is 2.47. The van der Waals surface area contributed by atoms with Gasteiger partial charge in [0.1, 0.15) is 5.75 Å². The number of rotatable bonds is 7. The Labute approximate surface area is 170 Å². The van der Waals surface area contributed by atoms with Crippen LogP contribution in [0.25, 0.3) is 10.8 Å². The van der Waals surface area contributed by atoms with Crippen LogP contribution in [-0.2, 0) is 14.3 Å². The summed E-state index contributed by atoms with van der Waals surface area (Å²) in [5, 5.41) is 12.2. The topological polar surface area (TPSA) is 68.5 Å². The molecule has 0 aromatic heterocycles. The summed E-state index contributed by atoms with van der Waals surface area (Å²) in [6, 6.07) is 23.4. The first-order chi connectivity index (χ1) is 14.1. The molecule has 0 unspecified atom stereocenters. The Morgan fingerprint density at radius 1 is 0.966 bits per heavy atom. The number of esters is 1. The van der Waals surface area contributed by atoms with Crippen LogP contribution in [0.5, 0.6) is 5.75 Å². The lowest BCUT2D eigenvalue weighted by Gasteiger charge is -2.34. The van der Waals surface area contributed by atoms with Crippen molar-refractivity contribution in [3.05, 3.63) is 77.9 Å². The van der Waals surface area contributed by atoms with Crippen molar-refractivity contribution in [2.75, 3.05) is 27.9 Å². The van der Waals surface area contributed by atoms with E-state index in [1.165, 1.54) is 14.2 Å². The highest BCUT2D eigenvalue weighted by molar-refractivity contribution is 5.90. The van der Waals surface area contributed by atoms with E-state index in [9.17, 15) is 10.1 Å². The predicted molar refractivity (Wildman–Crippen MR) is 111 cm³/mol. The van der Waals surface area contributed by atoms with Crippen molar-refractivity contribution >= 4 is 16.7 Å². The molecule has 148 valence electrons. The number of hydrogen-bond acceptors (Lipinski definition) is 5. The average molecular weight is 389 g/mol. The van der Waals surface area contributed by atoms with Crippen LogP contribution in [0.15, 0.2) is 66.7 Å². The van der Waals surface area contributed by atoms with E-state index in [0.717, 1.165) is 21.9 Å². The lowest BCUT2D eigenvalue weighted by molar-refractivity contribution is -0.152. The van der Waals surface area contributed by atoms with Crippen molar-refractivity contribution in [3.63, 3.8) is 0 Å². The van der Waals surface area contributed by atoms with Crippen molar-refractivity contribution in [1.82, 2.24) is 0 Å². The highest BCUT2D eigenvalue weighted by Gasteiger charge is 2.50. The van der Waals surface area contributed by atoms with Gasteiger partial charge in [0.2, 0.25) is 0 Å². The Kier molecular flexibility index (Phi) is 6.16. The van der Waals surface area contributed by atoms with Crippen LogP contribution >= 0.6 is 0 Å². The number of nitrogens with zero attached hydrogens (tertiary/aromatic N) is 1. The summed E-state index contributed by atoms with van der Waals surface area (Å²) in [4.78, 5) is 13.0. The summed E-state index contributed by atoms with van der Waals surface area (Å²) in [7, 11) is 4.32. The minimum absolute atomic E-state index is 0.123. The fraction of sp³-hybridized carbons (Fsp3) is 0.250.